The third-order valence-electron chi connectivity index (χ3n) is 5.24. The van der Waals surface area contributed by atoms with Crippen LogP contribution in [-0.4, -0.2) is 48.3 Å². The van der Waals surface area contributed by atoms with Crippen molar-refractivity contribution >= 4 is 17.5 Å². The Hall–Kier alpha value is -2.40. The van der Waals surface area contributed by atoms with Gasteiger partial charge in [-0.25, -0.2) is 0 Å². The van der Waals surface area contributed by atoms with E-state index in [9.17, 15) is 4.79 Å². The van der Waals surface area contributed by atoms with E-state index in [0.717, 1.165) is 43.2 Å². The van der Waals surface area contributed by atoms with Gasteiger partial charge in [-0.1, -0.05) is 72.4 Å². The van der Waals surface area contributed by atoms with Gasteiger partial charge in [0.2, 0.25) is 0 Å². The highest BCUT2D eigenvalue weighted by Crippen LogP contribution is 2.27. The molecule has 0 radical (unpaired) electrons. The molecule has 4 heteroatoms. The van der Waals surface area contributed by atoms with Crippen LogP contribution in [0.2, 0.25) is 0 Å². The van der Waals surface area contributed by atoms with Gasteiger partial charge in [0.15, 0.2) is 5.78 Å². The highest BCUT2D eigenvalue weighted by atomic mass is 32.2. The summed E-state index contributed by atoms with van der Waals surface area (Å²) in [5, 5.41) is 0. The Kier molecular flexibility index (Phi) is 6.78. The second kappa shape index (κ2) is 9.88. The second-order valence-corrected chi connectivity index (χ2v) is 8.55. The summed E-state index contributed by atoms with van der Waals surface area (Å²) >= 11 is 1.72. The van der Waals surface area contributed by atoms with Crippen molar-refractivity contribution in [1.29, 1.82) is 0 Å². The third-order valence-corrected chi connectivity index (χ3v) is 6.25. The predicted octanol–water partition coefficient (Wildman–Crippen LogP) is 4.84. The zero-order valence-electron chi connectivity index (χ0n) is 16.5. The summed E-state index contributed by atoms with van der Waals surface area (Å²) in [6, 6.07) is 28.9. The van der Waals surface area contributed by atoms with Crippen LogP contribution in [0.5, 0.6) is 0 Å². The Labute approximate surface area is 177 Å². The summed E-state index contributed by atoms with van der Waals surface area (Å²) in [4.78, 5) is 19.8. The molecule has 0 bridgehead atoms. The fourth-order valence-corrected chi connectivity index (χ4v) is 4.41. The van der Waals surface area contributed by atoms with Crippen LogP contribution >= 0.6 is 11.8 Å². The van der Waals surface area contributed by atoms with Gasteiger partial charge in [0.05, 0.1) is 6.54 Å². The van der Waals surface area contributed by atoms with Gasteiger partial charge >= 0.3 is 0 Å². The van der Waals surface area contributed by atoms with Crippen molar-refractivity contribution in [3.8, 4) is 0 Å². The molecule has 3 aromatic carbocycles. The first-order valence-corrected chi connectivity index (χ1v) is 10.9. The van der Waals surface area contributed by atoms with Crippen LogP contribution in [0.15, 0.2) is 94.7 Å². The molecule has 0 aliphatic carbocycles. The molecule has 1 fully saturated rings. The molecule has 0 amide bonds. The van der Waals surface area contributed by atoms with E-state index in [-0.39, 0.29) is 5.78 Å². The molecule has 0 spiro atoms. The standard InChI is InChI=1S/C25H26N2OS/c28-25(22-11-13-24(14-12-22)29-23-9-5-2-6-10-23)20-27-17-15-26(16-18-27)19-21-7-3-1-4-8-21/h1-14H,15-20H2. The number of hydrogen-bond donors (Lipinski definition) is 0. The lowest BCUT2D eigenvalue weighted by molar-refractivity contribution is 0.0843. The second-order valence-electron chi connectivity index (χ2n) is 7.40. The topological polar surface area (TPSA) is 23.6 Å². The molecule has 3 nitrogen and oxygen atoms in total. The Morgan fingerprint density at radius 2 is 1.24 bits per heavy atom. The molecule has 0 N–H and O–H groups in total. The van der Waals surface area contributed by atoms with E-state index in [1.165, 1.54) is 10.5 Å². The highest BCUT2D eigenvalue weighted by molar-refractivity contribution is 7.99. The van der Waals surface area contributed by atoms with Crippen molar-refractivity contribution in [2.45, 2.75) is 16.3 Å². The minimum Gasteiger partial charge on any atom is -0.297 e. The molecule has 1 heterocycles. The van der Waals surface area contributed by atoms with Crippen LogP contribution in [0, 0.1) is 0 Å². The summed E-state index contributed by atoms with van der Waals surface area (Å²) in [7, 11) is 0. The number of hydrogen-bond acceptors (Lipinski definition) is 4. The fourth-order valence-electron chi connectivity index (χ4n) is 3.58. The lowest BCUT2D eigenvalue weighted by Crippen LogP contribution is -2.47. The number of rotatable bonds is 7. The number of piperazine rings is 1. The number of ketones is 1. The number of nitrogens with zero attached hydrogens (tertiary/aromatic N) is 2. The predicted molar refractivity (Wildman–Crippen MR) is 119 cm³/mol. The molecule has 0 unspecified atom stereocenters. The molecular formula is C25H26N2OS. The van der Waals surface area contributed by atoms with E-state index in [4.69, 9.17) is 0 Å². The average molecular weight is 403 g/mol. The van der Waals surface area contributed by atoms with Crippen molar-refractivity contribution in [3.05, 3.63) is 96.1 Å². The Bertz CT molecular complexity index is 905. The van der Waals surface area contributed by atoms with E-state index < -0.39 is 0 Å². The maximum absolute atomic E-state index is 12.7. The van der Waals surface area contributed by atoms with Crippen LogP contribution in [0.3, 0.4) is 0 Å². The molecule has 0 atom stereocenters. The first-order chi connectivity index (χ1) is 14.3. The average Bonchev–Trinajstić information content (AvgIpc) is 2.77. The maximum Gasteiger partial charge on any atom is 0.176 e. The van der Waals surface area contributed by atoms with E-state index in [1.54, 1.807) is 11.8 Å². The summed E-state index contributed by atoms with van der Waals surface area (Å²) in [6.45, 7) is 5.40. The molecule has 148 valence electrons. The van der Waals surface area contributed by atoms with Gasteiger partial charge in [0, 0.05) is 48.1 Å². The summed E-state index contributed by atoms with van der Waals surface area (Å²) in [5.41, 5.74) is 2.15. The molecule has 0 aromatic heterocycles. The molecule has 1 aliphatic heterocycles. The van der Waals surface area contributed by atoms with Crippen LogP contribution in [0.1, 0.15) is 15.9 Å². The van der Waals surface area contributed by atoms with E-state index >= 15 is 0 Å². The monoisotopic (exact) mass is 402 g/mol. The van der Waals surface area contributed by atoms with Gasteiger partial charge in [-0.05, 0) is 29.8 Å². The Morgan fingerprint density at radius 1 is 0.690 bits per heavy atom. The van der Waals surface area contributed by atoms with E-state index in [0.29, 0.717) is 6.54 Å². The summed E-state index contributed by atoms with van der Waals surface area (Å²) in [5.74, 6) is 0.206. The van der Waals surface area contributed by atoms with Crippen LogP contribution < -0.4 is 0 Å². The van der Waals surface area contributed by atoms with Crippen LogP contribution in [0.4, 0.5) is 0 Å². The van der Waals surface area contributed by atoms with Crippen molar-refractivity contribution in [2.24, 2.45) is 0 Å². The molecule has 4 rings (SSSR count). The SMILES string of the molecule is O=C(CN1CCN(Cc2ccccc2)CC1)c1ccc(Sc2ccccc2)cc1. The fraction of sp³-hybridized carbons (Fsp3) is 0.240. The maximum atomic E-state index is 12.7. The van der Waals surface area contributed by atoms with Gasteiger partial charge in [-0.2, -0.15) is 0 Å². The van der Waals surface area contributed by atoms with Gasteiger partial charge in [0.1, 0.15) is 0 Å². The van der Waals surface area contributed by atoms with Gasteiger partial charge in [-0.3, -0.25) is 14.6 Å². The number of carbonyl (C=O) groups excluding carboxylic acids is 1. The summed E-state index contributed by atoms with van der Waals surface area (Å²) < 4.78 is 0. The van der Waals surface area contributed by atoms with Crippen molar-refractivity contribution in [1.82, 2.24) is 9.80 Å². The van der Waals surface area contributed by atoms with Crippen molar-refractivity contribution in [2.75, 3.05) is 32.7 Å². The molecule has 3 aromatic rings. The third kappa shape index (κ3) is 5.80. The van der Waals surface area contributed by atoms with Gasteiger partial charge in [-0.15, -0.1) is 0 Å². The number of Topliss-reactive ketones (excluding diaryl/α,β-unsaturated/α-hetero) is 1. The largest absolute Gasteiger partial charge is 0.297 e. The normalized spacial score (nSPS) is 15.3. The molecular weight excluding hydrogens is 376 g/mol. The molecule has 1 aliphatic rings. The molecule has 29 heavy (non-hydrogen) atoms. The van der Waals surface area contributed by atoms with Crippen LogP contribution in [-0.2, 0) is 6.54 Å². The summed E-state index contributed by atoms with van der Waals surface area (Å²) in [6.07, 6.45) is 0. The lowest BCUT2D eigenvalue weighted by Gasteiger charge is -2.34. The molecule has 1 saturated heterocycles. The first-order valence-electron chi connectivity index (χ1n) is 10.1. The van der Waals surface area contributed by atoms with Crippen molar-refractivity contribution < 1.29 is 4.79 Å². The number of carbonyl (C=O) groups is 1. The number of benzene rings is 3. The first kappa shape index (κ1) is 19.9. The van der Waals surface area contributed by atoms with Crippen LogP contribution in [0.25, 0.3) is 0 Å². The minimum atomic E-state index is 0.206. The van der Waals surface area contributed by atoms with Gasteiger partial charge in [0.25, 0.3) is 0 Å². The van der Waals surface area contributed by atoms with E-state index in [2.05, 4.69) is 52.3 Å². The van der Waals surface area contributed by atoms with Gasteiger partial charge < -0.3 is 0 Å². The zero-order chi connectivity index (χ0) is 19.9. The minimum absolute atomic E-state index is 0.206. The Morgan fingerprint density at radius 3 is 1.90 bits per heavy atom. The van der Waals surface area contributed by atoms with Crippen molar-refractivity contribution in [3.63, 3.8) is 0 Å². The highest BCUT2D eigenvalue weighted by Gasteiger charge is 2.19. The van der Waals surface area contributed by atoms with E-state index in [1.807, 2.05) is 42.5 Å². The quantitative estimate of drug-likeness (QED) is 0.528. The Balaban J connectivity index is 1.25. The lowest BCUT2D eigenvalue weighted by atomic mass is 10.1. The molecule has 0 saturated carbocycles. The smallest absolute Gasteiger partial charge is 0.176 e. The zero-order valence-corrected chi connectivity index (χ0v) is 17.4.